The molecular weight excluding hydrogens is 108 g/mol. The second kappa shape index (κ2) is 0.889. The summed E-state index contributed by atoms with van der Waals surface area (Å²) in [5.41, 5.74) is 1.87. The topological polar surface area (TPSA) is 0 Å². The minimum atomic E-state index is 0.937. The summed E-state index contributed by atoms with van der Waals surface area (Å²) >= 11 is 0. The van der Waals surface area contributed by atoms with E-state index in [1.54, 1.807) is 19.3 Å². The highest BCUT2D eigenvalue weighted by Gasteiger charge is 2.85. The highest BCUT2D eigenvalue weighted by Crippen LogP contribution is 2.92. The summed E-state index contributed by atoms with van der Waals surface area (Å²) < 4.78 is 0. The molecule has 0 heterocycles. The van der Waals surface area contributed by atoms with Crippen LogP contribution >= 0.6 is 0 Å². The van der Waals surface area contributed by atoms with Crippen LogP contribution in [0.15, 0.2) is 0 Å². The minimum absolute atomic E-state index is 0.937. The number of rotatable bonds is 0. The first-order valence-corrected chi connectivity index (χ1v) is 4.21. The van der Waals surface area contributed by atoms with Gasteiger partial charge in [-0.1, -0.05) is 13.8 Å². The van der Waals surface area contributed by atoms with Crippen molar-refractivity contribution in [1.82, 2.24) is 0 Å². The zero-order valence-corrected chi connectivity index (χ0v) is 6.28. The van der Waals surface area contributed by atoms with Crippen LogP contribution in [0.4, 0.5) is 0 Å². The summed E-state index contributed by atoms with van der Waals surface area (Å²) in [6, 6.07) is 0. The van der Waals surface area contributed by atoms with Crippen molar-refractivity contribution in [2.45, 2.75) is 33.1 Å². The molecule has 0 aliphatic heterocycles. The lowest BCUT2D eigenvalue weighted by Crippen LogP contribution is -1.81. The van der Waals surface area contributed by atoms with Gasteiger partial charge in [-0.05, 0) is 41.9 Å². The Labute approximate surface area is 56.6 Å². The van der Waals surface area contributed by atoms with Crippen molar-refractivity contribution in [3.05, 3.63) is 0 Å². The Morgan fingerprint density at radius 1 is 1.00 bits per heavy atom. The largest absolute Gasteiger partial charge is 0.0619 e. The van der Waals surface area contributed by atoms with E-state index in [0.717, 1.165) is 22.7 Å². The summed E-state index contributed by atoms with van der Waals surface area (Å²) in [6.45, 7) is 4.86. The van der Waals surface area contributed by atoms with Crippen molar-refractivity contribution in [2.24, 2.45) is 22.7 Å². The van der Waals surface area contributed by atoms with E-state index < -0.39 is 0 Å². The van der Waals surface area contributed by atoms with Crippen LogP contribution in [-0.2, 0) is 0 Å². The van der Waals surface area contributed by atoms with Gasteiger partial charge in [0.25, 0.3) is 0 Å². The van der Waals surface area contributed by atoms with E-state index in [0.29, 0.717) is 0 Å². The van der Waals surface area contributed by atoms with Crippen LogP contribution in [-0.4, -0.2) is 0 Å². The first-order valence-electron chi connectivity index (χ1n) is 4.21. The summed E-state index contributed by atoms with van der Waals surface area (Å²) in [5.74, 6) is 2.20. The van der Waals surface area contributed by atoms with E-state index in [1.807, 2.05) is 0 Å². The lowest BCUT2D eigenvalue weighted by atomic mass is 10.2. The number of hydrogen-bond acceptors (Lipinski definition) is 0. The number of hydrogen-bond donors (Lipinski definition) is 0. The fourth-order valence-electron chi connectivity index (χ4n) is 3.37. The Morgan fingerprint density at radius 3 is 1.44 bits per heavy atom. The molecule has 3 saturated carbocycles. The van der Waals surface area contributed by atoms with Crippen molar-refractivity contribution >= 4 is 0 Å². The fraction of sp³-hybridized carbons (Fsp3) is 1.00. The molecule has 0 nitrogen and oxygen atoms in total. The quantitative estimate of drug-likeness (QED) is 0.463. The Balaban J connectivity index is 1.91. The van der Waals surface area contributed by atoms with E-state index in [-0.39, 0.29) is 0 Å². The molecule has 0 heteroatoms. The van der Waals surface area contributed by atoms with Gasteiger partial charge in [-0.15, -0.1) is 0 Å². The lowest BCUT2D eigenvalue weighted by molar-refractivity contribution is 0.614. The van der Waals surface area contributed by atoms with Crippen LogP contribution in [0.3, 0.4) is 0 Å². The first kappa shape index (κ1) is 4.76. The number of fused-ring (bicyclic) bond motifs is 1. The predicted molar refractivity (Wildman–Crippen MR) is 37.0 cm³/mol. The van der Waals surface area contributed by atoms with Crippen molar-refractivity contribution in [3.63, 3.8) is 0 Å². The average Bonchev–Trinajstić information content (AvgIpc) is 2.60. The minimum Gasteiger partial charge on any atom is -0.0619 e. The van der Waals surface area contributed by atoms with E-state index in [4.69, 9.17) is 0 Å². The lowest BCUT2D eigenvalue weighted by Gasteiger charge is -1.85. The van der Waals surface area contributed by atoms with Crippen LogP contribution in [0, 0.1) is 22.7 Å². The van der Waals surface area contributed by atoms with Gasteiger partial charge in [0.05, 0.1) is 0 Å². The molecule has 3 aliphatic rings. The van der Waals surface area contributed by atoms with Gasteiger partial charge < -0.3 is 0 Å². The van der Waals surface area contributed by atoms with Gasteiger partial charge in [0, 0.05) is 0 Å². The SMILES string of the molecule is CC1CC12CC21CC1C. The molecule has 0 N–H and O–H groups in total. The van der Waals surface area contributed by atoms with Crippen LogP contribution in [0.5, 0.6) is 0 Å². The third kappa shape index (κ3) is 0.300. The van der Waals surface area contributed by atoms with Crippen molar-refractivity contribution in [2.75, 3.05) is 0 Å². The molecule has 2 spiro atoms. The second-order valence-electron chi connectivity index (χ2n) is 4.70. The van der Waals surface area contributed by atoms with Crippen LogP contribution < -0.4 is 0 Å². The van der Waals surface area contributed by atoms with Gasteiger partial charge in [-0.25, -0.2) is 0 Å². The zero-order valence-electron chi connectivity index (χ0n) is 6.28. The van der Waals surface area contributed by atoms with Crippen LogP contribution in [0.1, 0.15) is 33.1 Å². The molecule has 0 aromatic carbocycles. The van der Waals surface area contributed by atoms with E-state index in [9.17, 15) is 0 Å². The van der Waals surface area contributed by atoms with Gasteiger partial charge in [0.15, 0.2) is 0 Å². The summed E-state index contributed by atoms with van der Waals surface area (Å²) in [5, 5.41) is 0. The monoisotopic (exact) mass is 122 g/mol. The third-order valence-corrected chi connectivity index (χ3v) is 4.40. The molecule has 4 unspecified atom stereocenters. The Hall–Kier alpha value is 0. The fourth-order valence-corrected chi connectivity index (χ4v) is 3.37. The molecule has 0 radical (unpaired) electrons. The molecule has 3 aliphatic carbocycles. The summed E-state index contributed by atoms with van der Waals surface area (Å²) in [4.78, 5) is 0. The maximum absolute atomic E-state index is 2.43. The van der Waals surface area contributed by atoms with Gasteiger partial charge in [-0.3, -0.25) is 0 Å². The summed E-state index contributed by atoms with van der Waals surface area (Å²) in [7, 11) is 0. The van der Waals surface area contributed by atoms with E-state index >= 15 is 0 Å². The molecule has 3 fully saturated rings. The molecule has 0 amide bonds. The molecule has 4 atom stereocenters. The maximum atomic E-state index is 2.43. The Bertz CT molecular complexity index is 164. The zero-order chi connectivity index (χ0) is 6.28. The third-order valence-electron chi connectivity index (χ3n) is 4.40. The van der Waals surface area contributed by atoms with Gasteiger partial charge in [0.1, 0.15) is 0 Å². The predicted octanol–water partition coefficient (Wildman–Crippen LogP) is 2.44. The molecule has 3 rings (SSSR count). The smallest absolute Gasteiger partial charge is 0.0204 e. The van der Waals surface area contributed by atoms with Gasteiger partial charge in [0.2, 0.25) is 0 Å². The highest BCUT2D eigenvalue weighted by molar-refractivity contribution is 5.33. The molecule has 9 heavy (non-hydrogen) atoms. The molecule has 0 aromatic heterocycles. The van der Waals surface area contributed by atoms with Crippen molar-refractivity contribution in [1.29, 1.82) is 0 Å². The highest BCUT2D eigenvalue weighted by atomic mass is 14.9. The van der Waals surface area contributed by atoms with Crippen LogP contribution in [0.25, 0.3) is 0 Å². The molecular formula is C9H14. The molecule has 50 valence electrons. The average molecular weight is 122 g/mol. The second-order valence-corrected chi connectivity index (χ2v) is 4.70. The maximum Gasteiger partial charge on any atom is -0.0204 e. The van der Waals surface area contributed by atoms with Crippen LogP contribution in [0.2, 0.25) is 0 Å². The summed E-state index contributed by atoms with van der Waals surface area (Å²) in [6.07, 6.45) is 4.73. The van der Waals surface area contributed by atoms with Gasteiger partial charge in [-0.2, -0.15) is 0 Å². The molecule has 0 saturated heterocycles. The standard InChI is InChI=1S/C9H14/c1-6-3-8(6)5-9(8)4-7(9)2/h6-7H,3-5H2,1-2H3. The molecule has 0 aromatic rings. The van der Waals surface area contributed by atoms with Crippen molar-refractivity contribution < 1.29 is 0 Å². The molecule has 0 bridgehead atoms. The normalized spacial score (nSPS) is 75.3. The Morgan fingerprint density at radius 2 is 1.33 bits per heavy atom. The van der Waals surface area contributed by atoms with E-state index in [2.05, 4.69) is 13.8 Å². The Kier molecular flexibility index (Phi) is 0.470. The van der Waals surface area contributed by atoms with Gasteiger partial charge >= 0.3 is 0 Å². The van der Waals surface area contributed by atoms with Crippen molar-refractivity contribution in [3.8, 4) is 0 Å². The first-order chi connectivity index (χ1) is 4.21. The van der Waals surface area contributed by atoms with E-state index in [1.165, 1.54) is 0 Å².